The van der Waals surface area contributed by atoms with Crippen molar-refractivity contribution in [2.24, 2.45) is 17.8 Å². The number of halogens is 2. The third-order valence-corrected chi connectivity index (χ3v) is 15.0. The SMILES string of the molecule is CN(CCC1CCC(CNc2cccc3c2C(=O)N(C2CCC(=O)NC2=O)C3=O)CC1)C[C@H]1CC[C@H](n2cc(NC(=S)c3cnn4ccc(N5C[C@H]6CC5CO6)nc34)c(C(F)F)n2)CC1. The number of aromatic nitrogens is 5. The fraction of sp³-hybridized carbons (Fsp3) is 0.565. The first-order chi connectivity index (χ1) is 31.5. The van der Waals surface area contributed by atoms with Crippen molar-refractivity contribution in [2.75, 3.05) is 55.4 Å². The van der Waals surface area contributed by atoms with Crippen molar-refractivity contribution in [3.05, 3.63) is 65.2 Å². The van der Waals surface area contributed by atoms with Gasteiger partial charge in [-0.1, -0.05) is 31.1 Å². The Bertz CT molecular complexity index is 2500. The first-order valence-electron chi connectivity index (χ1n) is 23.2. The number of hydrogen-bond acceptors (Lipinski definition) is 12. The molecule has 4 aliphatic heterocycles. The molecule has 3 aromatic heterocycles. The van der Waals surface area contributed by atoms with Crippen molar-refractivity contribution < 1.29 is 32.7 Å². The summed E-state index contributed by atoms with van der Waals surface area (Å²) in [6.07, 6.45) is 13.1. The first kappa shape index (κ1) is 43.5. The Kier molecular flexibility index (Phi) is 12.1. The van der Waals surface area contributed by atoms with Crippen LogP contribution in [0.25, 0.3) is 5.65 Å². The third kappa shape index (κ3) is 8.73. The minimum Gasteiger partial charge on any atom is -0.384 e. The molecule has 2 aliphatic carbocycles. The number of nitrogens with one attached hydrogen (secondary N) is 3. The van der Waals surface area contributed by atoms with Gasteiger partial charge in [-0.2, -0.15) is 10.2 Å². The monoisotopic (exact) mass is 911 g/mol. The lowest BCUT2D eigenvalue weighted by Gasteiger charge is -2.33. The zero-order valence-corrected chi connectivity index (χ0v) is 37.3. The average Bonchev–Trinajstić information content (AvgIpc) is 4.16. The molecular formula is C46H55F2N11O5S. The van der Waals surface area contributed by atoms with Crippen molar-refractivity contribution in [3.8, 4) is 0 Å². The van der Waals surface area contributed by atoms with E-state index >= 15 is 0 Å². The molecule has 10 rings (SSSR count). The number of anilines is 3. The van der Waals surface area contributed by atoms with Gasteiger partial charge in [0.1, 0.15) is 16.8 Å². The number of carbonyl (C=O) groups excluding carboxylic acids is 4. The number of rotatable bonds is 14. The van der Waals surface area contributed by atoms with Crippen LogP contribution >= 0.6 is 12.2 Å². The Balaban J connectivity index is 0.665. The van der Waals surface area contributed by atoms with Crippen molar-refractivity contribution in [3.63, 3.8) is 0 Å². The number of carbonyl (C=O) groups is 4. The molecule has 0 spiro atoms. The van der Waals surface area contributed by atoms with Crippen LogP contribution < -0.4 is 20.9 Å². The van der Waals surface area contributed by atoms with Crippen molar-refractivity contribution in [1.29, 1.82) is 0 Å². The van der Waals surface area contributed by atoms with E-state index in [9.17, 15) is 28.0 Å². The summed E-state index contributed by atoms with van der Waals surface area (Å²) in [5.74, 6) is 0.430. The number of imide groups is 2. The number of thiocarbonyl (C=S) groups is 1. The standard InChI is InChI=1S/C46H55F2N11O5S/c1-55(17-15-26-5-7-27(8-6-26)20-49-34-4-2-3-32-39(34)46(63)59(45(32)62)36-13-14-38(60)53-43(36)61)22-28-9-11-29(12-10-28)58-24-35(40(54-58)41(47)48)51-44(65)33-21-50-57-18-16-37(52-42(33)57)56-23-31-19-30(56)25-64-31/h2-4,16,18,21,24,26-31,36,41,49H,5-15,17,19-20,22-23,25H2,1H3,(H,51,65)(H,53,60,61)/t26?,27?,28-,29-,30?,31-,36?/m1/s1. The summed E-state index contributed by atoms with van der Waals surface area (Å²) in [5, 5.41) is 17.6. The number of morpholine rings is 1. The van der Waals surface area contributed by atoms with Gasteiger partial charge in [0, 0.05) is 44.1 Å². The largest absolute Gasteiger partial charge is 0.384 e. The van der Waals surface area contributed by atoms with Crippen LogP contribution in [0.3, 0.4) is 0 Å². The van der Waals surface area contributed by atoms with E-state index in [1.54, 1.807) is 33.7 Å². The fourth-order valence-electron chi connectivity index (χ4n) is 11.1. The Morgan fingerprint density at radius 1 is 0.969 bits per heavy atom. The summed E-state index contributed by atoms with van der Waals surface area (Å²) in [6, 6.07) is 6.44. The van der Waals surface area contributed by atoms with Gasteiger partial charge < -0.3 is 25.2 Å². The number of benzene rings is 1. The predicted octanol–water partition coefficient (Wildman–Crippen LogP) is 6.00. The van der Waals surface area contributed by atoms with Crippen molar-refractivity contribution >= 4 is 63.7 Å². The lowest BCUT2D eigenvalue weighted by atomic mass is 9.80. The maximum absolute atomic E-state index is 14.4. The minimum absolute atomic E-state index is 0.0298. The highest BCUT2D eigenvalue weighted by Gasteiger charge is 2.46. The Morgan fingerprint density at radius 2 is 1.75 bits per heavy atom. The highest BCUT2D eigenvalue weighted by molar-refractivity contribution is 7.81. The van der Waals surface area contributed by atoms with Gasteiger partial charge in [-0.3, -0.25) is 34.1 Å². The summed E-state index contributed by atoms with van der Waals surface area (Å²) in [5.41, 5.74) is 2.20. The lowest BCUT2D eigenvalue weighted by molar-refractivity contribution is -0.136. The molecule has 3 N–H and O–H groups in total. The Hall–Kier alpha value is -5.40. The summed E-state index contributed by atoms with van der Waals surface area (Å²) < 4.78 is 37.9. The van der Waals surface area contributed by atoms with Crippen molar-refractivity contribution in [2.45, 2.75) is 108 Å². The van der Waals surface area contributed by atoms with Gasteiger partial charge in [-0.05, 0) is 107 Å². The number of alkyl halides is 2. The van der Waals surface area contributed by atoms with E-state index in [1.807, 2.05) is 18.3 Å². The number of ether oxygens (including phenoxy) is 1. The summed E-state index contributed by atoms with van der Waals surface area (Å²) in [4.78, 5) is 61.8. The van der Waals surface area contributed by atoms with Gasteiger partial charge in [-0.15, -0.1) is 0 Å². The molecule has 2 saturated carbocycles. The molecular weight excluding hydrogens is 857 g/mol. The molecule has 7 heterocycles. The van der Waals surface area contributed by atoms with Gasteiger partial charge in [-0.25, -0.2) is 18.3 Å². The smallest absolute Gasteiger partial charge is 0.284 e. The number of piperidine rings is 1. The van der Waals surface area contributed by atoms with E-state index in [-0.39, 0.29) is 46.9 Å². The van der Waals surface area contributed by atoms with Gasteiger partial charge >= 0.3 is 0 Å². The minimum atomic E-state index is -2.77. The van der Waals surface area contributed by atoms with Crippen LogP contribution in [-0.2, 0) is 14.3 Å². The van der Waals surface area contributed by atoms with Crippen LogP contribution in [0.4, 0.5) is 26.0 Å². The van der Waals surface area contributed by atoms with Crippen molar-refractivity contribution in [1.82, 2.24) is 39.5 Å². The topological polar surface area (TPSA) is 171 Å². The van der Waals surface area contributed by atoms with E-state index in [4.69, 9.17) is 21.9 Å². The normalized spacial score (nSPS) is 26.8. The zero-order valence-electron chi connectivity index (χ0n) is 36.5. The molecule has 4 amide bonds. The number of hydrogen-bond donors (Lipinski definition) is 3. The van der Waals surface area contributed by atoms with Gasteiger partial charge in [0.05, 0.1) is 53.4 Å². The van der Waals surface area contributed by atoms with Crippen LogP contribution in [0.2, 0.25) is 0 Å². The molecule has 2 unspecified atom stereocenters. The molecule has 16 nitrogen and oxygen atoms in total. The third-order valence-electron chi connectivity index (χ3n) is 14.7. The Morgan fingerprint density at radius 3 is 2.49 bits per heavy atom. The number of amides is 4. The molecule has 1 aromatic carbocycles. The molecule has 5 fully saturated rings. The van der Waals surface area contributed by atoms with Crippen LogP contribution in [0, 0.1) is 17.8 Å². The van der Waals surface area contributed by atoms with Gasteiger partial charge in [0.2, 0.25) is 11.8 Å². The van der Waals surface area contributed by atoms with E-state index in [0.717, 1.165) is 94.6 Å². The second-order valence-electron chi connectivity index (χ2n) is 18.9. The molecule has 344 valence electrons. The average molecular weight is 912 g/mol. The first-order valence-corrected chi connectivity index (χ1v) is 23.6. The molecule has 4 aromatic rings. The number of fused-ring (bicyclic) bond motifs is 4. The molecule has 0 radical (unpaired) electrons. The van der Waals surface area contributed by atoms with Gasteiger partial charge in [0.25, 0.3) is 18.2 Å². The molecule has 65 heavy (non-hydrogen) atoms. The van der Waals surface area contributed by atoms with Gasteiger partial charge in [0.15, 0.2) is 11.3 Å². The molecule has 6 aliphatic rings. The highest BCUT2D eigenvalue weighted by Crippen LogP contribution is 2.38. The van der Waals surface area contributed by atoms with E-state index < -0.39 is 36.1 Å². The maximum Gasteiger partial charge on any atom is 0.284 e. The highest BCUT2D eigenvalue weighted by atomic mass is 32.1. The second-order valence-corrected chi connectivity index (χ2v) is 19.3. The van der Waals surface area contributed by atoms with Crippen LogP contribution in [0.15, 0.2) is 42.9 Å². The number of nitrogens with zero attached hydrogens (tertiary/aromatic N) is 8. The van der Waals surface area contributed by atoms with E-state index in [1.165, 1.54) is 0 Å². The summed E-state index contributed by atoms with van der Waals surface area (Å²) >= 11 is 5.76. The zero-order chi connectivity index (χ0) is 44.9. The molecule has 3 atom stereocenters. The maximum atomic E-state index is 14.4. The summed E-state index contributed by atoms with van der Waals surface area (Å²) in [7, 11) is 2.20. The van der Waals surface area contributed by atoms with Crippen LogP contribution in [0.5, 0.6) is 0 Å². The predicted molar refractivity (Wildman–Crippen MR) is 241 cm³/mol. The second kappa shape index (κ2) is 18.1. The lowest BCUT2D eigenvalue weighted by Crippen LogP contribution is -2.54. The molecule has 2 bridgehead atoms. The summed E-state index contributed by atoms with van der Waals surface area (Å²) in [6.45, 7) is 4.18. The molecule has 19 heteroatoms. The van der Waals surface area contributed by atoms with Crippen LogP contribution in [-0.4, -0.2) is 121 Å². The Labute approximate surface area is 380 Å². The van der Waals surface area contributed by atoms with Crippen LogP contribution in [0.1, 0.15) is 121 Å². The fourth-order valence-corrected chi connectivity index (χ4v) is 11.3. The quantitative estimate of drug-likeness (QED) is 0.0996. The van der Waals surface area contributed by atoms with E-state index in [2.05, 4.69) is 43.0 Å². The molecule has 3 saturated heterocycles. The van der Waals surface area contributed by atoms with E-state index in [0.29, 0.717) is 59.4 Å².